The van der Waals surface area contributed by atoms with Gasteiger partial charge < -0.3 is 0 Å². The van der Waals surface area contributed by atoms with Gasteiger partial charge in [0.2, 0.25) is 0 Å². The van der Waals surface area contributed by atoms with E-state index >= 15 is 0 Å². The van der Waals surface area contributed by atoms with E-state index < -0.39 is 0 Å². The van der Waals surface area contributed by atoms with Crippen LogP contribution in [0.15, 0.2) is 97.1 Å². The summed E-state index contributed by atoms with van der Waals surface area (Å²) < 4.78 is 0. The van der Waals surface area contributed by atoms with E-state index in [2.05, 4.69) is 97.1 Å². The molecule has 0 nitrogen and oxygen atoms in total. The van der Waals surface area contributed by atoms with Crippen LogP contribution in [0.2, 0.25) is 0 Å². The quantitative estimate of drug-likeness (QED) is 0.300. The third-order valence-electron chi connectivity index (χ3n) is 4.87. The number of benzene rings is 4. The topological polar surface area (TPSA) is 0 Å². The molecule has 0 N–H and O–H groups in total. The first-order valence-corrected chi connectivity index (χ1v) is 8.31. The lowest BCUT2D eigenvalue weighted by Gasteiger charge is -2.22. The average molecular weight is 304 g/mol. The normalized spacial score (nSPS) is 11.3. The van der Waals surface area contributed by atoms with Crippen LogP contribution >= 0.6 is 0 Å². The Balaban J connectivity index is 2.01. The Hall–Kier alpha value is -3.12. The fourth-order valence-electron chi connectivity index (χ4n) is 3.81. The molecule has 0 aromatic heterocycles. The zero-order valence-electron chi connectivity index (χ0n) is 13.2. The van der Waals surface area contributed by atoms with Crippen molar-refractivity contribution in [1.29, 1.82) is 0 Å². The summed E-state index contributed by atoms with van der Waals surface area (Å²) in [6.45, 7) is 0. The van der Waals surface area contributed by atoms with Gasteiger partial charge in [0.05, 0.1) is 0 Å². The molecular formula is C24H16. The third-order valence-corrected chi connectivity index (χ3v) is 4.87. The minimum Gasteiger partial charge on any atom is -0.0616 e. The SMILES string of the molecule is c1ccc2c(c1)-c1ccccc1-c1ccccc1-c1ccccc1-2. The Bertz CT molecular complexity index is 769. The van der Waals surface area contributed by atoms with Crippen LogP contribution in [0, 0.1) is 0 Å². The molecule has 112 valence electrons. The van der Waals surface area contributed by atoms with Crippen LogP contribution in [0.25, 0.3) is 44.5 Å². The van der Waals surface area contributed by atoms with Crippen LogP contribution in [0.1, 0.15) is 0 Å². The third kappa shape index (κ3) is 1.87. The molecule has 1 aliphatic carbocycles. The summed E-state index contributed by atoms with van der Waals surface area (Å²) in [5, 5.41) is 0. The maximum absolute atomic E-state index is 2.24. The monoisotopic (exact) mass is 304 g/mol. The van der Waals surface area contributed by atoms with E-state index in [1.165, 1.54) is 44.5 Å². The van der Waals surface area contributed by atoms with Gasteiger partial charge in [-0.3, -0.25) is 0 Å². The van der Waals surface area contributed by atoms with E-state index in [-0.39, 0.29) is 0 Å². The predicted octanol–water partition coefficient (Wildman–Crippen LogP) is 6.67. The van der Waals surface area contributed by atoms with Crippen molar-refractivity contribution in [3.05, 3.63) is 97.1 Å². The molecule has 0 saturated carbocycles. The van der Waals surface area contributed by atoms with Gasteiger partial charge in [0.15, 0.2) is 0 Å². The molecule has 0 atom stereocenters. The number of hydrogen-bond acceptors (Lipinski definition) is 0. The molecule has 5 rings (SSSR count). The molecule has 0 fully saturated rings. The van der Waals surface area contributed by atoms with Gasteiger partial charge >= 0.3 is 0 Å². The van der Waals surface area contributed by atoms with Gasteiger partial charge in [-0.15, -0.1) is 0 Å². The van der Waals surface area contributed by atoms with E-state index in [4.69, 9.17) is 0 Å². The largest absolute Gasteiger partial charge is 0.0616 e. The fourth-order valence-corrected chi connectivity index (χ4v) is 3.81. The molecule has 4 aromatic carbocycles. The van der Waals surface area contributed by atoms with Crippen LogP contribution in [0.3, 0.4) is 0 Å². The number of rotatable bonds is 0. The van der Waals surface area contributed by atoms with Crippen LogP contribution in [-0.4, -0.2) is 0 Å². The Morgan fingerprint density at radius 3 is 0.458 bits per heavy atom. The maximum atomic E-state index is 2.24. The Kier molecular flexibility index (Phi) is 2.89. The molecule has 0 unspecified atom stereocenters. The van der Waals surface area contributed by atoms with E-state index in [0.29, 0.717) is 0 Å². The van der Waals surface area contributed by atoms with Gasteiger partial charge in [0, 0.05) is 0 Å². The van der Waals surface area contributed by atoms with Crippen molar-refractivity contribution in [1.82, 2.24) is 0 Å². The lowest BCUT2D eigenvalue weighted by molar-refractivity contribution is 1.52. The molecule has 0 spiro atoms. The first-order valence-electron chi connectivity index (χ1n) is 8.31. The number of fused-ring (bicyclic) bond motifs is 8. The molecule has 0 heteroatoms. The molecule has 0 amide bonds. The van der Waals surface area contributed by atoms with Crippen LogP contribution in [-0.2, 0) is 0 Å². The molecule has 1 aliphatic rings. The van der Waals surface area contributed by atoms with Gasteiger partial charge in [0.25, 0.3) is 0 Å². The van der Waals surface area contributed by atoms with Gasteiger partial charge in [-0.1, -0.05) is 97.1 Å². The zero-order valence-corrected chi connectivity index (χ0v) is 13.2. The maximum Gasteiger partial charge on any atom is -0.00990 e. The van der Waals surface area contributed by atoms with Crippen molar-refractivity contribution in [3.8, 4) is 44.5 Å². The zero-order chi connectivity index (χ0) is 15.9. The minimum absolute atomic E-state index is 1.30. The average Bonchev–Trinajstić information content (AvgIpc) is 2.67. The van der Waals surface area contributed by atoms with E-state index in [1.807, 2.05) is 0 Å². The van der Waals surface area contributed by atoms with Gasteiger partial charge in [-0.25, -0.2) is 0 Å². The van der Waals surface area contributed by atoms with Crippen molar-refractivity contribution in [2.24, 2.45) is 0 Å². The van der Waals surface area contributed by atoms with Crippen molar-refractivity contribution in [2.75, 3.05) is 0 Å². The summed E-state index contributed by atoms with van der Waals surface area (Å²) >= 11 is 0. The van der Waals surface area contributed by atoms with E-state index in [1.54, 1.807) is 0 Å². The second kappa shape index (κ2) is 5.21. The van der Waals surface area contributed by atoms with Crippen molar-refractivity contribution >= 4 is 0 Å². The second-order valence-corrected chi connectivity index (χ2v) is 6.18. The highest BCUT2D eigenvalue weighted by molar-refractivity contribution is 6.02. The van der Waals surface area contributed by atoms with Crippen LogP contribution < -0.4 is 0 Å². The molecule has 0 saturated heterocycles. The van der Waals surface area contributed by atoms with Crippen LogP contribution in [0.4, 0.5) is 0 Å². The summed E-state index contributed by atoms with van der Waals surface area (Å²) in [6.07, 6.45) is 0. The van der Waals surface area contributed by atoms with Crippen LogP contribution in [0.5, 0.6) is 0 Å². The first-order chi connectivity index (χ1) is 11.9. The standard InChI is InChI=1S/C24H16/c1-2-10-18-17(9-1)19-11-3-4-13-21(19)23-15-7-8-16-24(23)22-14-6-5-12-20(18)22/h1-16H. The van der Waals surface area contributed by atoms with Gasteiger partial charge in [0.1, 0.15) is 0 Å². The summed E-state index contributed by atoms with van der Waals surface area (Å²) in [5.41, 5.74) is 10.4. The second-order valence-electron chi connectivity index (χ2n) is 6.18. The minimum atomic E-state index is 1.30. The molecule has 0 aliphatic heterocycles. The summed E-state index contributed by atoms with van der Waals surface area (Å²) in [4.78, 5) is 0. The molecular weight excluding hydrogens is 288 g/mol. The molecule has 24 heavy (non-hydrogen) atoms. The Labute approximate surface area is 142 Å². The first kappa shape index (κ1) is 13.3. The molecule has 0 bridgehead atoms. The highest BCUT2D eigenvalue weighted by Crippen LogP contribution is 2.46. The molecule has 4 aromatic rings. The Morgan fingerprint density at radius 2 is 0.333 bits per heavy atom. The highest BCUT2D eigenvalue weighted by Gasteiger charge is 2.20. The van der Waals surface area contributed by atoms with Gasteiger partial charge in [-0.05, 0) is 44.5 Å². The van der Waals surface area contributed by atoms with Crippen molar-refractivity contribution in [3.63, 3.8) is 0 Å². The molecule has 0 radical (unpaired) electrons. The van der Waals surface area contributed by atoms with Crippen molar-refractivity contribution in [2.45, 2.75) is 0 Å². The lowest BCUT2D eigenvalue weighted by Crippen LogP contribution is -1.96. The number of hydrogen-bond donors (Lipinski definition) is 0. The van der Waals surface area contributed by atoms with E-state index in [9.17, 15) is 0 Å². The predicted molar refractivity (Wildman–Crippen MR) is 102 cm³/mol. The molecule has 0 heterocycles. The smallest absolute Gasteiger partial charge is 0.00990 e. The summed E-state index contributed by atoms with van der Waals surface area (Å²) in [7, 11) is 0. The lowest BCUT2D eigenvalue weighted by atomic mass is 9.81. The van der Waals surface area contributed by atoms with Crippen molar-refractivity contribution < 1.29 is 0 Å². The Morgan fingerprint density at radius 1 is 0.208 bits per heavy atom. The van der Waals surface area contributed by atoms with Gasteiger partial charge in [-0.2, -0.15) is 0 Å². The fraction of sp³-hybridized carbons (Fsp3) is 0. The summed E-state index contributed by atoms with van der Waals surface area (Å²) in [5.74, 6) is 0. The summed E-state index contributed by atoms with van der Waals surface area (Å²) in [6, 6.07) is 34.9. The van der Waals surface area contributed by atoms with E-state index in [0.717, 1.165) is 0 Å². The highest BCUT2D eigenvalue weighted by atomic mass is 14.2.